The van der Waals surface area contributed by atoms with Crippen LogP contribution in [0.3, 0.4) is 0 Å². The number of phenolic OH excluding ortho intramolecular Hbond substituents is 1. The van der Waals surface area contributed by atoms with Gasteiger partial charge in [-0.1, -0.05) is 24.3 Å². The van der Waals surface area contributed by atoms with Crippen molar-refractivity contribution in [2.75, 3.05) is 11.9 Å². The summed E-state index contributed by atoms with van der Waals surface area (Å²) in [7, 11) is 1.93. The standard InChI is InChI=1S/C16H17NO3/c1-17(14-6-8-15(18)9-7-14)11-13-5-3-2-4-12(13)10-16(19)20/h2-9,18H,10-11H2,1H3,(H,19,20). The predicted molar refractivity (Wildman–Crippen MR) is 78.0 cm³/mol. The van der Waals surface area contributed by atoms with E-state index in [9.17, 15) is 9.90 Å². The molecule has 0 fully saturated rings. The summed E-state index contributed by atoms with van der Waals surface area (Å²) >= 11 is 0. The summed E-state index contributed by atoms with van der Waals surface area (Å²) in [4.78, 5) is 12.9. The largest absolute Gasteiger partial charge is 0.508 e. The van der Waals surface area contributed by atoms with Gasteiger partial charge in [0.1, 0.15) is 5.75 Å². The average Bonchev–Trinajstić information content (AvgIpc) is 2.41. The molecule has 0 heterocycles. The first kappa shape index (κ1) is 13.9. The number of hydrogen-bond donors (Lipinski definition) is 2. The second-order valence-electron chi connectivity index (χ2n) is 4.71. The molecule has 0 saturated heterocycles. The smallest absolute Gasteiger partial charge is 0.307 e. The van der Waals surface area contributed by atoms with E-state index in [0.717, 1.165) is 16.8 Å². The Hall–Kier alpha value is -2.49. The van der Waals surface area contributed by atoms with Crippen molar-refractivity contribution < 1.29 is 15.0 Å². The molecule has 0 aliphatic carbocycles. The van der Waals surface area contributed by atoms with Crippen LogP contribution in [-0.4, -0.2) is 23.2 Å². The third kappa shape index (κ3) is 3.51. The fraction of sp³-hybridized carbons (Fsp3) is 0.188. The molecule has 0 radical (unpaired) electrons. The van der Waals surface area contributed by atoms with Crippen LogP contribution in [0.2, 0.25) is 0 Å². The highest BCUT2D eigenvalue weighted by Crippen LogP contribution is 2.20. The van der Waals surface area contributed by atoms with Crippen molar-refractivity contribution >= 4 is 11.7 Å². The van der Waals surface area contributed by atoms with Crippen molar-refractivity contribution in [1.29, 1.82) is 0 Å². The molecule has 0 unspecified atom stereocenters. The van der Waals surface area contributed by atoms with Gasteiger partial charge in [0.2, 0.25) is 0 Å². The molecular weight excluding hydrogens is 254 g/mol. The lowest BCUT2D eigenvalue weighted by Gasteiger charge is -2.21. The molecule has 2 aromatic carbocycles. The van der Waals surface area contributed by atoms with E-state index in [4.69, 9.17) is 5.11 Å². The average molecular weight is 271 g/mol. The Bertz CT molecular complexity index is 593. The Balaban J connectivity index is 2.17. The van der Waals surface area contributed by atoms with Crippen molar-refractivity contribution in [2.45, 2.75) is 13.0 Å². The number of anilines is 1. The number of nitrogens with zero attached hydrogens (tertiary/aromatic N) is 1. The number of carboxylic acids is 1. The first-order valence-corrected chi connectivity index (χ1v) is 6.35. The Morgan fingerprint density at radius 2 is 1.65 bits per heavy atom. The lowest BCUT2D eigenvalue weighted by Crippen LogP contribution is -2.18. The third-order valence-electron chi connectivity index (χ3n) is 3.16. The number of rotatable bonds is 5. The molecule has 2 N–H and O–H groups in total. The molecule has 104 valence electrons. The molecule has 2 aromatic rings. The summed E-state index contributed by atoms with van der Waals surface area (Å²) in [6.07, 6.45) is 0.0274. The lowest BCUT2D eigenvalue weighted by molar-refractivity contribution is -0.136. The number of aromatic hydroxyl groups is 1. The van der Waals surface area contributed by atoms with Crippen LogP contribution >= 0.6 is 0 Å². The maximum atomic E-state index is 10.9. The summed E-state index contributed by atoms with van der Waals surface area (Å²) in [5, 5.41) is 18.2. The van der Waals surface area contributed by atoms with Crippen molar-refractivity contribution in [1.82, 2.24) is 0 Å². The van der Waals surface area contributed by atoms with Gasteiger partial charge >= 0.3 is 5.97 Å². The predicted octanol–water partition coefficient (Wildman–Crippen LogP) is 2.66. The summed E-state index contributed by atoms with van der Waals surface area (Å²) in [6.45, 7) is 0.619. The van der Waals surface area contributed by atoms with E-state index in [1.54, 1.807) is 12.1 Å². The quantitative estimate of drug-likeness (QED) is 0.877. The van der Waals surface area contributed by atoms with Crippen LogP contribution in [-0.2, 0) is 17.8 Å². The van der Waals surface area contributed by atoms with E-state index in [2.05, 4.69) is 0 Å². The number of phenols is 1. The van der Waals surface area contributed by atoms with E-state index >= 15 is 0 Å². The van der Waals surface area contributed by atoms with E-state index in [1.807, 2.05) is 48.3 Å². The summed E-state index contributed by atoms with van der Waals surface area (Å²) in [6, 6.07) is 14.5. The Labute approximate surface area is 117 Å². The van der Waals surface area contributed by atoms with Crippen LogP contribution in [0, 0.1) is 0 Å². The maximum absolute atomic E-state index is 10.9. The highest BCUT2D eigenvalue weighted by atomic mass is 16.4. The first-order chi connectivity index (χ1) is 9.56. The maximum Gasteiger partial charge on any atom is 0.307 e. The van der Waals surface area contributed by atoms with Gasteiger partial charge in [-0.05, 0) is 35.4 Å². The number of carboxylic acid groups (broad SMARTS) is 1. The molecule has 0 atom stereocenters. The Morgan fingerprint density at radius 3 is 2.25 bits per heavy atom. The van der Waals surface area contributed by atoms with Crippen LogP contribution in [0.1, 0.15) is 11.1 Å². The summed E-state index contributed by atoms with van der Waals surface area (Å²) in [5.41, 5.74) is 2.78. The molecule has 0 spiro atoms. The van der Waals surface area contributed by atoms with Gasteiger partial charge in [0.05, 0.1) is 6.42 Å². The minimum atomic E-state index is -0.829. The zero-order valence-electron chi connectivity index (χ0n) is 11.3. The topological polar surface area (TPSA) is 60.8 Å². The minimum Gasteiger partial charge on any atom is -0.508 e. The molecular formula is C16H17NO3. The van der Waals surface area contributed by atoms with Gasteiger partial charge in [0, 0.05) is 19.3 Å². The fourth-order valence-corrected chi connectivity index (χ4v) is 2.10. The van der Waals surface area contributed by atoms with Gasteiger partial charge in [-0.25, -0.2) is 0 Å². The van der Waals surface area contributed by atoms with Gasteiger partial charge in [0.15, 0.2) is 0 Å². The van der Waals surface area contributed by atoms with Gasteiger partial charge in [-0.2, -0.15) is 0 Å². The van der Waals surface area contributed by atoms with Crippen LogP contribution in [0.25, 0.3) is 0 Å². The molecule has 20 heavy (non-hydrogen) atoms. The second-order valence-corrected chi connectivity index (χ2v) is 4.71. The van der Waals surface area contributed by atoms with Gasteiger partial charge in [-0.15, -0.1) is 0 Å². The molecule has 0 bridgehead atoms. The van der Waals surface area contributed by atoms with Crippen molar-refractivity contribution in [3.05, 3.63) is 59.7 Å². The van der Waals surface area contributed by atoms with Crippen molar-refractivity contribution in [2.24, 2.45) is 0 Å². The highest BCUT2D eigenvalue weighted by molar-refractivity contribution is 5.70. The zero-order chi connectivity index (χ0) is 14.5. The summed E-state index contributed by atoms with van der Waals surface area (Å²) in [5.74, 6) is -0.599. The molecule has 4 heteroatoms. The van der Waals surface area contributed by atoms with Gasteiger partial charge in [-0.3, -0.25) is 4.79 Å². The number of carbonyl (C=O) groups is 1. The molecule has 0 aliphatic heterocycles. The normalized spacial score (nSPS) is 10.2. The first-order valence-electron chi connectivity index (χ1n) is 6.35. The Kier molecular flexibility index (Phi) is 4.25. The van der Waals surface area contributed by atoms with Crippen LogP contribution in [0.5, 0.6) is 5.75 Å². The third-order valence-corrected chi connectivity index (χ3v) is 3.16. The molecule has 2 rings (SSSR count). The Morgan fingerprint density at radius 1 is 1.05 bits per heavy atom. The number of aliphatic carboxylic acids is 1. The van der Waals surface area contributed by atoms with E-state index in [1.165, 1.54) is 0 Å². The minimum absolute atomic E-state index is 0.0274. The monoisotopic (exact) mass is 271 g/mol. The fourth-order valence-electron chi connectivity index (χ4n) is 2.10. The molecule has 0 aromatic heterocycles. The van der Waals surface area contributed by atoms with Crippen LogP contribution in [0.4, 0.5) is 5.69 Å². The molecule has 0 aliphatic rings. The van der Waals surface area contributed by atoms with Crippen molar-refractivity contribution in [3.8, 4) is 5.75 Å². The highest BCUT2D eigenvalue weighted by Gasteiger charge is 2.09. The number of benzene rings is 2. The SMILES string of the molecule is CN(Cc1ccccc1CC(=O)O)c1ccc(O)cc1. The van der Waals surface area contributed by atoms with Crippen LogP contribution < -0.4 is 4.90 Å². The molecule has 0 amide bonds. The second kappa shape index (κ2) is 6.10. The van der Waals surface area contributed by atoms with E-state index in [0.29, 0.717) is 6.54 Å². The molecule has 4 nitrogen and oxygen atoms in total. The molecule has 0 saturated carbocycles. The van der Waals surface area contributed by atoms with E-state index in [-0.39, 0.29) is 12.2 Å². The van der Waals surface area contributed by atoms with E-state index < -0.39 is 5.97 Å². The summed E-state index contributed by atoms with van der Waals surface area (Å²) < 4.78 is 0. The zero-order valence-corrected chi connectivity index (χ0v) is 11.3. The van der Waals surface area contributed by atoms with Crippen molar-refractivity contribution in [3.63, 3.8) is 0 Å². The van der Waals surface area contributed by atoms with Gasteiger partial charge < -0.3 is 15.1 Å². The van der Waals surface area contributed by atoms with Crippen LogP contribution in [0.15, 0.2) is 48.5 Å². The lowest BCUT2D eigenvalue weighted by atomic mass is 10.0. The number of hydrogen-bond acceptors (Lipinski definition) is 3. The van der Waals surface area contributed by atoms with Gasteiger partial charge in [0.25, 0.3) is 0 Å².